The Labute approximate surface area is 231 Å². The highest BCUT2D eigenvalue weighted by Crippen LogP contribution is 2.44. The van der Waals surface area contributed by atoms with Gasteiger partial charge in [-0.05, 0) is 111 Å². The van der Waals surface area contributed by atoms with Gasteiger partial charge in [0.15, 0.2) is 0 Å². The van der Waals surface area contributed by atoms with E-state index < -0.39 is 0 Å². The summed E-state index contributed by atoms with van der Waals surface area (Å²) in [5, 5.41) is 15.7. The molecular formula is C39H23N. The Kier molecular flexibility index (Phi) is 4.39. The fraction of sp³-hybridized carbons (Fsp3) is 0. The molecule has 0 aliphatic rings. The van der Waals surface area contributed by atoms with E-state index in [0.717, 1.165) is 0 Å². The van der Waals surface area contributed by atoms with Gasteiger partial charge in [-0.3, -0.25) is 4.98 Å². The zero-order valence-corrected chi connectivity index (χ0v) is 21.7. The largest absolute Gasteiger partial charge is 0.265 e. The average molecular weight is 506 g/mol. The van der Waals surface area contributed by atoms with Crippen LogP contribution in [0.25, 0.3) is 86.9 Å². The first-order chi connectivity index (χ1) is 19.8. The molecule has 0 saturated carbocycles. The summed E-state index contributed by atoms with van der Waals surface area (Å²) in [6.07, 6.45) is 3.70. The molecule has 1 heteroatoms. The van der Waals surface area contributed by atoms with Crippen LogP contribution >= 0.6 is 0 Å². The zero-order valence-electron chi connectivity index (χ0n) is 21.7. The van der Waals surface area contributed by atoms with Crippen molar-refractivity contribution in [1.29, 1.82) is 0 Å². The van der Waals surface area contributed by atoms with Gasteiger partial charge in [-0.15, -0.1) is 0 Å². The highest BCUT2D eigenvalue weighted by atomic mass is 14.6. The Bertz CT molecular complexity index is 2390. The van der Waals surface area contributed by atoms with Gasteiger partial charge in [0.25, 0.3) is 0 Å². The molecule has 1 heterocycles. The Hall–Kier alpha value is -5.27. The van der Waals surface area contributed by atoms with E-state index in [-0.39, 0.29) is 0 Å². The van der Waals surface area contributed by atoms with Crippen molar-refractivity contribution in [2.24, 2.45) is 0 Å². The van der Waals surface area contributed by atoms with E-state index in [2.05, 4.69) is 132 Å². The lowest BCUT2D eigenvalue weighted by Crippen LogP contribution is -1.89. The maximum Gasteiger partial charge on any atom is 0.0273 e. The molecular weight excluding hydrogens is 482 g/mol. The van der Waals surface area contributed by atoms with Crippen LogP contribution in [0.2, 0.25) is 0 Å². The molecule has 9 rings (SSSR count). The van der Waals surface area contributed by atoms with Gasteiger partial charge in [-0.2, -0.15) is 0 Å². The van der Waals surface area contributed by atoms with E-state index in [9.17, 15) is 0 Å². The summed E-state index contributed by atoms with van der Waals surface area (Å²) in [5.74, 6) is 0. The summed E-state index contributed by atoms with van der Waals surface area (Å²) in [5.41, 5.74) is 4.83. The predicted octanol–water partition coefficient (Wildman–Crippen LogP) is 10.8. The second kappa shape index (κ2) is 8.11. The summed E-state index contributed by atoms with van der Waals surface area (Å²) in [7, 11) is 0. The standard InChI is InChI=1S/C39H23N/c1-4-27-14-15-28-6-3-9-34-35-23-31(25-12-10-24(11-13-25)26-18-20-40-21-19-26)22-30-17-16-29-5-2-8-33(37(29)39(30)35)32(7-1)36(27)38(28)34/h1-23H. The van der Waals surface area contributed by atoms with Crippen LogP contribution in [0.4, 0.5) is 0 Å². The molecule has 0 aliphatic carbocycles. The quantitative estimate of drug-likeness (QED) is 0.213. The third-order valence-corrected chi connectivity index (χ3v) is 8.66. The van der Waals surface area contributed by atoms with Crippen LogP contribution in [0.15, 0.2) is 140 Å². The van der Waals surface area contributed by atoms with Gasteiger partial charge in [0.2, 0.25) is 0 Å². The molecule has 0 aliphatic heterocycles. The van der Waals surface area contributed by atoms with Crippen molar-refractivity contribution in [3.63, 3.8) is 0 Å². The predicted molar refractivity (Wildman–Crippen MR) is 171 cm³/mol. The minimum absolute atomic E-state index is 1.18. The first-order valence-electron chi connectivity index (χ1n) is 13.8. The normalized spacial score (nSPS) is 12.0. The molecule has 1 aromatic heterocycles. The van der Waals surface area contributed by atoms with Gasteiger partial charge in [0.05, 0.1) is 0 Å². The molecule has 0 spiro atoms. The van der Waals surface area contributed by atoms with E-state index in [4.69, 9.17) is 0 Å². The number of aromatic nitrogens is 1. The second-order valence-electron chi connectivity index (χ2n) is 10.8. The maximum absolute atomic E-state index is 4.17. The molecule has 0 amide bonds. The van der Waals surface area contributed by atoms with Gasteiger partial charge in [-0.1, -0.05) is 103 Å². The van der Waals surface area contributed by atoms with E-state index >= 15 is 0 Å². The van der Waals surface area contributed by atoms with E-state index in [1.54, 1.807) is 0 Å². The fourth-order valence-corrected chi connectivity index (χ4v) is 6.85. The number of nitrogens with zero attached hydrogens (tertiary/aromatic N) is 1. The fourth-order valence-electron chi connectivity index (χ4n) is 6.85. The third kappa shape index (κ3) is 3.00. The zero-order chi connectivity index (χ0) is 26.2. The molecule has 0 saturated heterocycles. The van der Waals surface area contributed by atoms with Crippen LogP contribution < -0.4 is 0 Å². The minimum Gasteiger partial charge on any atom is -0.265 e. The number of hydrogen-bond acceptors (Lipinski definition) is 1. The number of hydrogen-bond donors (Lipinski definition) is 0. The molecule has 0 unspecified atom stereocenters. The Morgan fingerprint density at radius 3 is 1.27 bits per heavy atom. The molecule has 1 nitrogen and oxygen atoms in total. The molecule has 0 fully saturated rings. The molecule has 9 aromatic rings. The van der Waals surface area contributed by atoms with Crippen molar-refractivity contribution < 1.29 is 0 Å². The van der Waals surface area contributed by atoms with Crippen LogP contribution in [-0.2, 0) is 0 Å². The number of pyridine rings is 1. The number of rotatable bonds is 2. The van der Waals surface area contributed by atoms with Crippen LogP contribution in [-0.4, -0.2) is 4.98 Å². The monoisotopic (exact) mass is 505 g/mol. The van der Waals surface area contributed by atoms with Gasteiger partial charge in [0, 0.05) is 12.4 Å². The third-order valence-electron chi connectivity index (χ3n) is 8.66. The Morgan fingerprint density at radius 1 is 0.300 bits per heavy atom. The molecule has 0 radical (unpaired) electrons. The smallest absolute Gasteiger partial charge is 0.0273 e. The van der Waals surface area contributed by atoms with Gasteiger partial charge in [0.1, 0.15) is 0 Å². The van der Waals surface area contributed by atoms with Crippen molar-refractivity contribution in [3.8, 4) is 22.3 Å². The van der Waals surface area contributed by atoms with E-state index in [1.165, 1.54) is 86.9 Å². The maximum atomic E-state index is 4.17. The summed E-state index contributed by atoms with van der Waals surface area (Å²) in [4.78, 5) is 4.17. The minimum atomic E-state index is 1.18. The lowest BCUT2D eigenvalue weighted by Gasteiger charge is -2.17. The van der Waals surface area contributed by atoms with Gasteiger partial charge < -0.3 is 0 Å². The van der Waals surface area contributed by atoms with Crippen molar-refractivity contribution >= 4 is 64.6 Å². The highest BCUT2D eigenvalue weighted by molar-refractivity contribution is 6.37. The lowest BCUT2D eigenvalue weighted by atomic mass is 9.86. The van der Waals surface area contributed by atoms with Gasteiger partial charge >= 0.3 is 0 Å². The Balaban J connectivity index is 1.46. The average Bonchev–Trinajstić information content (AvgIpc) is 3.03. The van der Waals surface area contributed by atoms with Gasteiger partial charge in [-0.25, -0.2) is 0 Å². The van der Waals surface area contributed by atoms with Crippen molar-refractivity contribution in [2.75, 3.05) is 0 Å². The van der Waals surface area contributed by atoms with E-state index in [0.29, 0.717) is 0 Å². The second-order valence-corrected chi connectivity index (χ2v) is 10.8. The summed E-state index contributed by atoms with van der Waals surface area (Å²) in [6.45, 7) is 0. The molecule has 0 bridgehead atoms. The molecule has 0 N–H and O–H groups in total. The molecule has 8 aromatic carbocycles. The van der Waals surface area contributed by atoms with Crippen LogP contribution in [0.3, 0.4) is 0 Å². The topological polar surface area (TPSA) is 12.9 Å². The molecule has 40 heavy (non-hydrogen) atoms. The SMILES string of the molecule is c1cc2ccc3cccc4c5cc(-c6ccc(-c7ccncc7)cc6)cc6ccc7cccc(c(c1)c2c34)c7c65. The van der Waals surface area contributed by atoms with E-state index in [1.807, 2.05) is 12.4 Å². The number of benzene rings is 7. The van der Waals surface area contributed by atoms with Crippen LogP contribution in [0.5, 0.6) is 0 Å². The molecule has 184 valence electrons. The summed E-state index contributed by atoms with van der Waals surface area (Å²) in [6, 6.07) is 47.2. The summed E-state index contributed by atoms with van der Waals surface area (Å²) < 4.78 is 0. The summed E-state index contributed by atoms with van der Waals surface area (Å²) >= 11 is 0. The molecule has 0 atom stereocenters. The van der Waals surface area contributed by atoms with Crippen molar-refractivity contribution in [2.45, 2.75) is 0 Å². The highest BCUT2D eigenvalue weighted by Gasteiger charge is 2.16. The number of fused-ring (bicyclic) bond motifs is 2. The first kappa shape index (κ1) is 21.6. The van der Waals surface area contributed by atoms with Crippen molar-refractivity contribution in [1.82, 2.24) is 4.98 Å². The Morgan fingerprint density at radius 2 is 0.725 bits per heavy atom. The van der Waals surface area contributed by atoms with Crippen molar-refractivity contribution in [3.05, 3.63) is 140 Å². The first-order valence-corrected chi connectivity index (χ1v) is 13.8. The van der Waals surface area contributed by atoms with Crippen LogP contribution in [0, 0.1) is 0 Å². The lowest BCUT2D eigenvalue weighted by molar-refractivity contribution is 1.33. The van der Waals surface area contributed by atoms with Crippen LogP contribution in [0.1, 0.15) is 0 Å².